The van der Waals surface area contributed by atoms with Crippen molar-refractivity contribution in [3.05, 3.63) is 129 Å². The molecule has 1 aromatic heterocycles. The maximum absolute atomic E-state index is 16.1. The van der Waals surface area contributed by atoms with Crippen molar-refractivity contribution in [2.45, 2.75) is 51.2 Å². The molecule has 3 atom stereocenters. The number of para-hydroxylation sites is 1. The lowest BCUT2D eigenvalue weighted by Gasteiger charge is -2.27. The third kappa shape index (κ3) is 6.22. The predicted octanol–water partition coefficient (Wildman–Crippen LogP) is 8.16. The van der Waals surface area contributed by atoms with Gasteiger partial charge in [0.05, 0.1) is 41.0 Å². The average molecular weight is 766 g/mol. The van der Waals surface area contributed by atoms with E-state index < -0.39 is 35.2 Å². The second-order valence-corrected chi connectivity index (χ2v) is 14.4. The van der Waals surface area contributed by atoms with Crippen molar-refractivity contribution in [2.24, 2.45) is 4.99 Å². The van der Waals surface area contributed by atoms with Crippen LogP contribution < -0.4 is 20.1 Å². The molecule has 2 N–H and O–H groups in total. The van der Waals surface area contributed by atoms with Crippen LogP contribution in [0, 0.1) is 17.5 Å². The number of ether oxygens (including phenoxy) is 3. The van der Waals surface area contributed by atoms with Crippen LogP contribution in [0.1, 0.15) is 37.2 Å². The number of carbonyl (C=O) groups excluding carboxylic acids is 2. The molecule has 10 nitrogen and oxygen atoms in total. The summed E-state index contributed by atoms with van der Waals surface area (Å²) in [7, 11) is 0. The topological polar surface area (TPSA) is 116 Å². The van der Waals surface area contributed by atoms with Crippen molar-refractivity contribution < 1.29 is 37.0 Å². The van der Waals surface area contributed by atoms with Crippen LogP contribution in [0.3, 0.4) is 0 Å². The van der Waals surface area contributed by atoms with Gasteiger partial charge < -0.3 is 29.4 Å². The summed E-state index contributed by atoms with van der Waals surface area (Å²) in [6.07, 6.45) is 3.85. The minimum absolute atomic E-state index is 0.0843. The third-order valence-corrected chi connectivity index (χ3v) is 10.5. The fraction of sp³-hybridized carbons (Fsp3) is 0.220. The molecule has 0 radical (unpaired) electrons. The number of aliphatic imine (C=N–C) groups is 1. The summed E-state index contributed by atoms with van der Waals surface area (Å²) in [6, 6.07) is 16.0. The fourth-order valence-corrected chi connectivity index (χ4v) is 7.53. The van der Waals surface area contributed by atoms with Crippen LogP contribution >= 0.6 is 11.6 Å². The Morgan fingerprint density at radius 2 is 1.84 bits per heavy atom. The zero-order chi connectivity index (χ0) is 38.2. The molecule has 4 aliphatic rings. The number of urea groups is 1. The van der Waals surface area contributed by atoms with Crippen molar-refractivity contribution in [3.63, 3.8) is 0 Å². The summed E-state index contributed by atoms with van der Waals surface area (Å²) in [5, 5.41) is 5.84. The third-order valence-electron chi connectivity index (χ3n) is 10.3. The molecule has 2 unspecified atom stereocenters. The van der Waals surface area contributed by atoms with Crippen LogP contribution in [0.15, 0.2) is 95.0 Å². The number of hydrogen-bond acceptors (Lipinski definition) is 6. The molecule has 0 saturated carbocycles. The molecule has 0 spiro atoms. The molecule has 1 aliphatic carbocycles. The zero-order valence-corrected chi connectivity index (χ0v) is 30.1. The van der Waals surface area contributed by atoms with Crippen LogP contribution in [-0.4, -0.2) is 46.0 Å². The monoisotopic (exact) mass is 765 g/mol. The Kier molecular flexibility index (Phi) is 8.32. The summed E-state index contributed by atoms with van der Waals surface area (Å²) >= 11 is 5.95. The summed E-state index contributed by atoms with van der Waals surface area (Å²) < 4.78 is 66.8. The lowest BCUT2D eigenvalue weighted by molar-refractivity contribution is -0.112. The van der Waals surface area contributed by atoms with Gasteiger partial charge in [-0.05, 0) is 91.2 Å². The minimum Gasteiger partial charge on any atom is -0.444 e. The number of benzene rings is 4. The van der Waals surface area contributed by atoms with E-state index in [4.69, 9.17) is 30.8 Å². The first-order valence-corrected chi connectivity index (χ1v) is 18.0. The van der Waals surface area contributed by atoms with Gasteiger partial charge in [-0.25, -0.2) is 22.9 Å². The van der Waals surface area contributed by atoms with Gasteiger partial charge in [-0.3, -0.25) is 4.79 Å². The summed E-state index contributed by atoms with van der Waals surface area (Å²) in [6.45, 7) is 4.42. The van der Waals surface area contributed by atoms with E-state index >= 15 is 8.78 Å². The number of halogens is 4. The maximum Gasteiger partial charge on any atom is 0.342 e. The highest BCUT2D eigenvalue weighted by molar-refractivity contribution is 6.30. The summed E-state index contributed by atoms with van der Waals surface area (Å²) in [4.78, 5) is 33.8. The number of nitrogens with zero attached hydrogens (tertiary/aromatic N) is 3. The molecule has 3 amide bonds. The van der Waals surface area contributed by atoms with Crippen LogP contribution in [0.5, 0.6) is 11.5 Å². The van der Waals surface area contributed by atoms with E-state index in [9.17, 15) is 14.0 Å². The molecule has 4 heterocycles. The molecular formula is C41H31ClF3N5O5. The molecular weight excluding hydrogens is 735 g/mol. The molecule has 55 heavy (non-hydrogen) atoms. The Morgan fingerprint density at radius 1 is 1.04 bits per heavy atom. The molecule has 0 bridgehead atoms. The van der Waals surface area contributed by atoms with E-state index in [1.54, 1.807) is 55.5 Å². The van der Waals surface area contributed by atoms with Crippen LogP contribution in [-0.2, 0) is 28.3 Å². The van der Waals surface area contributed by atoms with Gasteiger partial charge in [0, 0.05) is 47.4 Å². The standard InChI is InChI=1S/C41H31ClF3N5O5/c1-20-12-22(15-33-37(20)49-40(52)48-33)39(51)46-24-7-9-34-32(17-24)47-36(50(34)19-25-10-11-53-25)18-27-29(43)13-21(14-30(27)44)26-4-3-5-35-38(26)55-41(2,54-35)28-8-6-23(42)16-31(28)45/h3-9,12-17,25,37H,10-11,18-19H2,1-2H3,(H,46,51)(H,49,52)/t25-,37?,41?/m0/s1. The Hall–Kier alpha value is -5.92. The minimum atomic E-state index is -1.55. The Balaban J connectivity index is 1.00. The van der Waals surface area contributed by atoms with E-state index in [0.717, 1.165) is 18.1 Å². The van der Waals surface area contributed by atoms with Crippen LogP contribution in [0.4, 0.5) is 23.7 Å². The highest BCUT2D eigenvalue weighted by atomic mass is 35.5. The van der Waals surface area contributed by atoms with Gasteiger partial charge in [0.2, 0.25) is 0 Å². The van der Waals surface area contributed by atoms with Gasteiger partial charge in [-0.15, -0.1) is 0 Å². The lowest BCUT2D eigenvalue weighted by atomic mass is 9.94. The number of imidazole rings is 1. The Morgan fingerprint density at radius 3 is 2.58 bits per heavy atom. The summed E-state index contributed by atoms with van der Waals surface area (Å²) in [5.41, 5.74) is 3.77. The number of carbonyl (C=O) groups is 2. The maximum atomic E-state index is 16.1. The van der Waals surface area contributed by atoms with E-state index in [1.165, 1.54) is 24.3 Å². The predicted molar refractivity (Wildman–Crippen MR) is 199 cm³/mol. The molecule has 9 rings (SSSR count). The lowest BCUT2D eigenvalue weighted by Crippen LogP contribution is -2.34. The van der Waals surface area contributed by atoms with E-state index in [2.05, 4.69) is 15.6 Å². The number of fused-ring (bicyclic) bond motifs is 3. The smallest absolute Gasteiger partial charge is 0.342 e. The van der Waals surface area contributed by atoms with Crippen molar-refractivity contribution in [1.82, 2.24) is 14.9 Å². The zero-order valence-electron chi connectivity index (χ0n) is 29.4. The van der Waals surface area contributed by atoms with E-state index in [-0.39, 0.29) is 51.8 Å². The van der Waals surface area contributed by atoms with E-state index in [1.807, 2.05) is 11.5 Å². The van der Waals surface area contributed by atoms with Crippen molar-refractivity contribution in [2.75, 3.05) is 11.9 Å². The second-order valence-electron chi connectivity index (χ2n) is 14.0. The molecule has 3 aliphatic heterocycles. The first kappa shape index (κ1) is 34.8. The fourth-order valence-electron chi connectivity index (χ4n) is 7.37. The van der Waals surface area contributed by atoms with Crippen molar-refractivity contribution in [3.8, 4) is 22.6 Å². The van der Waals surface area contributed by atoms with Gasteiger partial charge in [0.1, 0.15) is 23.3 Å². The van der Waals surface area contributed by atoms with Gasteiger partial charge in [0.15, 0.2) is 11.5 Å². The summed E-state index contributed by atoms with van der Waals surface area (Å²) in [5.74, 6) is -3.24. The van der Waals surface area contributed by atoms with Gasteiger partial charge in [-0.1, -0.05) is 23.7 Å². The second kappa shape index (κ2) is 13.1. The molecule has 5 aromatic rings. The molecule has 1 fully saturated rings. The first-order valence-electron chi connectivity index (χ1n) is 17.6. The van der Waals surface area contributed by atoms with Gasteiger partial charge in [0.25, 0.3) is 11.7 Å². The van der Waals surface area contributed by atoms with Crippen LogP contribution in [0.2, 0.25) is 5.02 Å². The van der Waals surface area contributed by atoms with Crippen molar-refractivity contribution in [1.29, 1.82) is 0 Å². The first-order chi connectivity index (χ1) is 26.4. The molecule has 278 valence electrons. The molecule has 14 heteroatoms. The number of anilines is 1. The number of hydrogen-bond donors (Lipinski definition) is 2. The molecule has 1 saturated heterocycles. The molecule has 4 aromatic carbocycles. The largest absolute Gasteiger partial charge is 0.444 e. The number of aromatic nitrogens is 2. The Bertz CT molecular complexity index is 2560. The normalized spacial score (nSPS) is 21.1. The highest BCUT2D eigenvalue weighted by Gasteiger charge is 2.42. The Labute approximate surface area is 317 Å². The number of rotatable bonds is 8. The SMILES string of the molecule is CC1=CC(C(=O)Nc2ccc3c(c2)nc(Cc2c(F)cc(-c4cccc5c4OC(C)(c4ccc(Cl)cc4F)O5)cc2F)n3C[C@@H]2CCO2)=CC2=NC(=O)NC12. The van der Waals surface area contributed by atoms with Crippen molar-refractivity contribution >= 4 is 46.0 Å². The van der Waals surface area contributed by atoms with E-state index in [0.29, 0.717) is 52.5 Å². The van der Waals surface area contributed by atoms with Gasteiger partial charge >= 0.3 is 6.03 Å². The number of nitrogens with one attached hydrogen (secondary N) is 2. The number of amides is 3. The average Bonchev–Trinajstić information content (AvgIpc) is 3.79. The van der Waals surface area contributed by atoms with Crippen LogP contribution in [0.25, 0.3) is 22.2 Å². The quantitative estimate of drug-likeness (QED) is 0.165. The van der Waals surface area contributed by atoms with Gasteiger partial charge in [-0.2, -0.15) is 4.99 Å². The highest BCUT2D eigenvalue weighted by Crippen LogP contribution is 2.50.